The van der Waals surface area contributed by atoms with Gasteiger partial charge >= 0.3 is 0 Å². The van der Waals surface area contributed by atoms with Gasteiger partial charge in [-0.1, -0.05) is 12.1 Å². The van der Waals surface area contributed by atoms with Crippen LogP contribution in [0.25, 0.3) is 11.1 Å². The second-order valence-electron chi connectivity index (χ2n) is 6.04. The van der Waals surface area contributed by atoms with Crippen molar-refractivity contribution in [3.05, 3.63) is 41.7 Å². The molecule has 0 amide bonds. The van der Waals surface area contributed by atoms with Crippen LogP contribution in [0.3, 0.4) is 0 Å². The minimum Gasteiger partial charge on any atom is -0.294 e. The summed E-state index contributed by atoms with van der Waals surface area (Å²) in [7, 11) is 0. The zero-order valence-electron chi connectivity index (χ0n) is 11.5. The van der Waals surface area contributed by atoms with Crippen LogP contribution in [0, 0.1) is 5.92 Å². The molecule has 1 heterocycles. The van der Waals surface area contributed by atoms with Crippen molar-refractivity contribution in [3.63, 3.8) is 0 Å². The van der Waals surface area contributed by atoms with Gasteiger partial charge in [0, 0.05) is 30.3 Å². The number of ketones is 1. The molecule has 4 rings (SSSR count). The van der Waals surface area contributed by atoms with Crippen LogP contribution in [0.4, 0.5) is 0 Å². The Morgan fingerprint density at radius 1 is 1.20 bits per heavy atom. The van der Waals surface area contributed by atoms with Gasteiger partial charge in [0.05, 0.1) is 6.20 Å². The third-order valence-corrected chi connectivity index (χ3v) is 4.37. The van der Waals surface area contributed by atoms with Crippen molar-refractivity contribution in [1.29, 1.82) is 0 Å². The molecule has 20 heavy (non-hydrogen) atoms. The first-order chi connectivity index (χ1) is 9.79. The smallest absolute Gasteiger partial charge is 0.163 e. The maximum Gasteiger partial charge on any atom is 0.163 e. The third kappa shape index (κ3) is 2.17. The molecule has 1 aromatic carbocycles. The minimum atomic E-state index is 0.290. The van der Waals surface area contributed by atoms with Crippen molar-refractivity contribution in [2.75, 3.05) is 0 Å². The highest BCUT2D eigenvalue weighted by atomic mass is 16.1. The summed E-state index contributed by atoms with van der Waals surface area (Å²) in [6, 6.07) is 6.28. The van der Waals surface area contributed by atoms with Crippen LogP contribution < -0.4 is 0 Å². The second-order valence-corrected chi connectivity index (χ2v) is 6.04. The summed E-state index contributed by atoms with van der Waals surface area (Å²) in [5.41, 5.74) is 4.35. The van der Waals surface area contributed by atoms with Gasteiger partial charge in [-0.15, -0.1) is 0 Å². The summed E-state index contributed by atoms with van der Waals surface area (Å²) in [6.45, 7) is 1.03. The molecule has 3 nitrogen and oxygen atoms in total. The second kappa shape index (κ2) is 4.58. The first-order valence-electron chi connectivity index (χ1n) is 7.48. The van der Waals surface area contributed by atoms with E-state index < -0.39 is 0 Å². The molecule has 0 atom stereocenters. The fraction of sp³-hybridized carbons (Fsp3) is 0.412. The van der Waals surface area contributed by atoms with Crippen LogP contribution in [0.1, 0.15) is 41.6 Å². The van der Waals surface area contributed by atoms with E-state index in [4.69, 9.17) is 0 Å². The third-order valence-electron chi connectivity index (χ3n) is 4.37. The van der Waals surface area contributed by atoms with Gasteiger partial charge in [0.25, 0.3) is 0 Å². The van der Waals surface area contributed by atoms with E-state index in [1.807, 2.05) is 10.9 Å². The molecule has 0 bridgehead atoms. The monoisotopic (exact) mass is 266 g/mol. The van der Waals surface area contributed by atoms with Crippen LogP contribution in [0.2, 0.25) is 0 Å². The number of hydrogen-bond donors (Lipinski definition) is 0. The number of benzene rings is 1. The summed E-state index contributed by atoms with van der Waals surface area (Å²) in [6.07, 6.45) is 9.40. The normalized spacial score (nSPS) is 18.1. The first kappa shape index (κ1) is 11.9. The standard InChI is InChI=1S/C17H18N2O/c20-17-3-1-2-13-6-7-14(8-16(13)17)15-9-18-19(11-15)10-12-4-5-12/h6-9,11-12H,1-5,10H2. The molecule has 0 spiro atoms. The Labute approximate surface area is 118 Å². The molecule has 0 aliphatic heterocycles. The quantitative estimate of drug-likeness (QED) is 0.852. The Balaban J connectivity index is 1.65. The van der Waals surface area contributed by atoms with E-state index in [-0.39, 0.29) is 0 Å². The molecule has 2 aliphatic rings. The van der Waals surface area contributed by atoms with Crippen LogP contribution in [-0.4, -0.2) is 15.6 Å². The van der Waals surface area contributed by atoms with Crippen LogP contribution in [0.15, 0.2) is 30.6 Å². The van der Waals surface area contributed by atoms with Gasteiger partial charge in [0.2, 0.25) is 0 Å². The highest BCUT2D eigenvalue weighted by Gasteiger charge is 2.22. The average Bonchev–Trinajstić information content (AvgIpc) is 3.15. The Bertz CT molecular complexity index is 667. The molecule has 1 saturated carbocycles. The van der Waals surface area contributed by atoms with E-state index in [2.05, 4.69) is 29.5 Å². The van der Waals surface area contributed by atoms with E-state index >= 15 is 0 Å². The van der Waals surface area contributed by atoms with Gasteiger partial charge in [0.1, 0.15) is 0 Å². The number of carbonyl (C=O) groups is 1. The SMILES string of the molecule is O=C1CCCc2ccc(-c3cnn(CC4CC4)c3)cc21. The van der Waals surface area contributed by atoms with Gasteiger partial charge in [0.15, 0.2) is 5.78 Å². The van der Waals surface area contributed by atoms with Gasteiger partial charge in [-0.3, -0.25) is 9.48 Å². The summed E-state index contributed by atoms with van der Waals surface area (Å²) >= 11 is 0. The van der Waals surface area contributed by atoms with Crippen molar-refractivity contribution in [2.45, 2.75) is 38.6 Å². The van der Waals surface area contributed by atoms with Gasteiger partial charge in [-0.2, -0.15) is 5.10 Å². The average molecular weight is 266 g/mol. The summed E-state index contributed by atoms with van der Waals surface area (Å²) in [5.74, 6) is 1.12. The molecular weight excluding hydrogens is 248 g/mol. The van der Waals surface area contributed by atoms with Crippen LogP contribution in [0.5, 0.6) is 0 Å². The van der Waals surface area contributed by atoms with Crippen molar-refractivity contribution in [1.82, 2.24) is 9.78 Å². The lowest BCUT2D eigenvalue weighted by Gasteiger charge is -2.15. The molecule has 0 saturated heterocycles. The molecule has 0 unspecified atom stereocenters. The molecule has 0 radical (unpaired) electrons. The van der Waals surface area contributed by atoms with Crippen molar-refractivity contribution in [2.24, 2.45) is 5.92 Å². The minimum absolute atomic E-state index is 0.290. The summed E-state index contributed by atoms with van der Waals surface area (Å²) < 4.78 is 2.04. The Hall–Kier alpha value is -1.90. The Kier molecular flexibility index (Phi) is 2.72. The predicted molar refractivity (Wildman–Crippen MR) is 77.7 cm³/mol. The lowest BCUT2D eigenvalue weighted by atomic mass is 9.88. The Morgan fingerprint density at radius 3 is 2.95 bits per heavy atom. The molecule has 0 N–H and O–H groups in total. The number of hydrogen-bond acceptors (Lipinski definition) is 2. The van der Waals surface area contributed by atoms with E-state index in [0.29, 0.717) is 12.2 Å². The van der Waals surface area contributed by atoms with E-state index in [0.717, 1.165) is 42.0 Å². The van der Waals surface area contributed by atoms with E-state index in [1.54, 1.807) is 0 Å². The predicted octanol–water partition coefficient (Wildman–Crippen LogP) is 3.48. The summed E-state index contributed by atoms with van der Waals surface area (Å²) in [4.78, 5) is 12.0. The number of aromatic nitrogens is 2. The molecule has 1 fully saturated rings. The largest absolute Gasteiger partial charge is 0.294 e. The molecular formula is C17H18N2O. The van der Waals surface area contributed by atoms with Crippen molar-refractivity contribution >= 4 is 5.78 Å². The Morgan fingerprint density at radius 2 is 2.10 bits per heavy atom. The number of Topliss-reactive ketones (excluding diaryl/α,β-unsaturated/α-hetero) is 1. The molecule has 1 aromatic heterocycles. The number of rotatable bonds is 3. The number of fused-ring (bicyclic) bond motifs is 1. The highest BCUT2D eigenvalue weighted by molar-refractivity contribution is 5.99. The van der Waals surface area contributed by atoms with E-state index in [1.165, 1.54) is 18.4 Å². The zero-order valence-corrected chi connectivity index (χ0v) is 11.5. The first-order valence-corrected chi connectivity index (χ1v) is 7.48. The topological polar surface area (TPSA) is 34.9 Å². The number of nitrogens with zero attached hydrogens (tertiary/aromatic N) is 2. The maximum atomic E-state index is 12.0. The lowest BCUT2D eigenvalue weighted by Crippen LogP contribution is -2.10. The summed E-state index contributed by atoms with van der Waals surface area (Å²) in [5, 5.41) is 4.44. The van der Waals surface area contributed by atoms with Crippen LogP contribution >= 0.6 is 0 Å². The van der Waals surface area contributed by atoms with Gasteiger partial charge < -0.3 is 0 Å². The molecule has 2 aliphatic carbocycles. The van der Waals surface area contributed by atoms with Crippen LogP contribution in [-0.2, 0) is 13.0 Å². The number of aryl methyl sites for hydroxylation is 1. The molecule has 102 valence electrons. The van der Waals surface area contributed by atoms with Crippen molar-refractivity contribution < 1.29 is 4.79 Å². The lowest BCUT2D eigenvalue weighted by molar-refractivity contribution is 0.0972. The van der Waals surface area contributed by atoms with E-state index in [9.17, 15) is 4.79 Å². The zero-order chi connectivity index (χ0) is 13.5. The van der Waals surface area contributed by atoms with Gasteiger partial charge in [-0.05, 0) is 48.8 Å². The van der Waals surface area contributed by atoms with Crippen molar-refractivity contribution in [3.8, 4) is 11.1 Å². The van der Waals surface area contributed by atoms with Gasteiger partial charge in [-0.25, -0.2) is 0 Å². The molecule has 2 aromatic rings. The fourth-order valence-corrected chi connectivity index (χ4v) is 2.99. The number of carbonyl (C=O) groups excluding carboxylic acids is 1. The maximum absolute atomic E-state index is 12.0. The fourth-order valence-electron chi connectivity index (χ4n) is 2.99. The highest BCUT2D eigenvalue weighted by Crippen LogP contribution is 2.31. The molecule has 3 heteroatoms.